The van der Waals surface area contributed by atoms with Crippen LogP contribution in [0.25, 0.3) is 0 Å². The number of methoxy groups -OCH3 is 1. The van der Waals surface area contributed by atoms with Crippen LogP contribution in [0, 0.1) is 5.92 Å². The molecule has 1 amide bonds. The largest absolute Gasteiger partial charge is 0.469 e. The van der Waals surface area contributed by atoms with Gasteiger partial charge in [0.1, 0.15) is 0 Å². The van der Waals surface area contributed by atoms with E-state index in [1.165, 1.54) is 12.0 Å². The molecular weight excluding hydrogens is 244 g/mol. The minimum Gasteiger partial charge on any atom is -0.469 e. The Hall–Kier alpha value is -1.20. The monoisotopic (exact) mass is 263 g/mol. The molecule has 1 atom stereocenters. The smallest absolute Gasteiger partial charge is 0.307 e. The molecule has 0 heterocycles. The van der Waals surface area contributed by atoms with Gasteiger partial charge in [0.25, 0.3) is 0 Å². The van der Waals surface area contributed by atoms with E-state index in [2.05, 4.69) is 4.74 Å². The SMILES string of the molecule is CCN(CCC(=O)OC)C(=O)C1CCC(F)(F)C1. The van der Waals surface area contributed by atoms with Crippen molar-refractivity contribution < 1.29 is 23.1 Å². The maximum Gasteiger partial charge on any atom is 0.307 e. The maximum atomic E-state index is 13.0. The van der Waals surface area contributed by atoms with Crippen LogP contribution in [-0.4, -0.2) is 42.9 Å². The number of rotatable bonds is 5. The predicted octanol–water partition coefficient (Wildman–Crippen LogP) is 1.83. The van der Waals surface area contributed by atoms with Gasteiger partial charge in [0, 0.05) is 31.8 Å². The van der Waals surface area contributed by atoms with Crippen LogP contribution in [-0.2, 0) is 14.3 Å². The van der Waals surface area contributed by atoms with E-state index in [-0.39, 0.29) is 38.1 Å². The third-order valence-corrected chi connectivity index (χ3v) is 3.26. The number of hydrogen-bond donors (Lipinski definition) is 0. The second kappa shape index (κ2) is 6.11. The van der Waals surface area contributed by atoms with Crippen LogP contribution in [0.15, 0.2) is 0 Å². The van der Waals surface area contributed by atoms with Crippen molar-refractivity contribution in [3.8, 4) is 0 Å². The number of hydrogen-bond acceptors (Lipinski definition) is 3. The second-order valence-electron chi connectivity index (χ2n) is 4.54. The van der Waals surface area contributed by atoms with E-state index < -0.39 is 17.8 Å². The van der Waals surface area contributed by atoms with E-state index in [1.807, 2.05) is 0 Å². The zero-order valence-corrected chi connectivity index (χ0v) is 10.7. The Labute approximate surface area is 105 Å². The summed E-state index contributed by atoms with van der Waals surface area (Å²) in [7, 11) is 1.28. The molecule has 1 unspecified atom stereocenters. The fourth-order valence-electron chi connectivity index (χ4n) is 2.17. The number of ether oxygens (including phenoxy) is 1. The lowest BCUT2D eigenvalue weighted by molar-refractivity contribution is -0.142. The second-order valence-corrected chi connectivity index (χ2v) is 4.54. The van der Waals surface area contributed by atoms with Gasteiger partial charge in [-0.15, -0.1) is 0 Å². The molecule has 0 aromatic rings. The molecule has 4 nitrogen and oxygen atoms in total. The molecule has 0 bridgehead atoms. The van der Waals surface area contributed by atoms with E-state index >= 15 is 0 Å². The number of nitrogens with zero attached hydrogens (tertiary/aromatic N) is 1. The summed E-state index contributed by atoms with van der Waals surface area (Å²) >= 11 is 0. The molecule has 6 heteroatoms. The van der Waals surface area contributed by atoms with Gasteiger partial charge in [-0.05, 0) is 13.3 Å². The zero-order valence-electron chi connectivity index (χ0n) is 10.7. The van der Waals surface area contributed by atoms with Crippen molar-refractivity contribution in [2.75, 3.05) is 20.2 Å². The summed E-state index contributed by atoms with van der Waals surface area (Å²) in [5.74, 6) is -4.02. The number of carbonyl (C=O) groups excluding carboxylic acids is 2. The van der Waals surface area contributed by atoms with E-state index in [1.54, 1.807) is 6.92 Å². The van der Waals surface area contributed by atoms with E-state index in [4.69, 9.17) is 0 Å². The zero-order chi connectivity index (χ0) is 13.8. The average molecular weight is 263 g/mol. The lowest BCUT2D eigenvalue weighted by atomic mass is 10.1. The van der Waals surface area contributed by atoms with Crippen molar-refractivity contribution in [1.82, 2.24) is 4.90 Å². The van der Waals surface area contributed by atoms with Crippen molar-refractivity contribution in [3.05, 3.63) is 0 Å². The lowest BCUT2D eigenvalue weighted by Crippen LogP contribution is -2.37. The molecule has 104 valence electrons. The van der Waals surface area contributed by atoms with Crippen LogP contribution >= 0.6 is 0 Å². The third kappa shape index (κ3) is 3.92. The summed E-state index contributed by atoms with van der Waals surface area (Å²) in [6, 6.07) is 0. The quantitative estimate of drug-likeness (QED) is 0.711. The first-order valence-electron chi connectivity index (χ1n) is 6.13. The van der Waals surface area contributed by atoms with Crippen molar-refractivity contribution in [2.24, 2.45) is 5.92 Å². The molecule has 0 aromatic carbocycles. The Morgan fingerprint density at radius 1 is 1.44 bits per heavy atom. The standard InChI is InChI=1S/C12H19F2NO3/c1-3-15(7-5-10(16)18-2)11(17)9-4-6-12(13,14)8-9/h9H,3-8H2,1-2H3. The first kappa shape index (κ1) is 14.9. The van der Waals surface area contributed by atoms with Gasteiger partial charge in [-0.25, -0.2) is 8.78 Å². The number of carbonyl (C=O) groups is 2. The minimum atomic E-state index is -2.72. The highest BCUT2D eigenvalue weighted by Gasteiger charge is 2.43. The van der Waals surface area contributed by atoms with Crippen LogP contribution in [0.3, 0.4) is 0 Å². The summed E-state index contributed by atoms with van der Waals surface area (Å²) in [5, 5.41) is 0. The van der Waals surface area contributed by atoms with Gasteiger partial charge in [-0.3, -0.25) is 9.59 Å². The summed E-state index contributed by atoms with van der Waals surface area (Å²) in [6.07, 6.45) is -0.279. The third-order valence-electron chi connectivity index (χ3n) is 3.26. The maximum absolute atomic E-state index is 13.0. The number of alkyl halides is 2. The molecule has 1 fully saturated rings. The molecule has 18 heavy (non-hydrogen) atoms. The summed E-state index contributed by atoms with van der Waals surface area (Å²) in [4.78, 5) is 24.5. The Balaban J connectivity index is 2.50. The Morgan fingerprint density at radius 3 is 2.56 bits per heavy atom. The fourth-order valence-corrected chi connectivity index (χ4v) is 2.17. The Morgan fingerprint density at radius 2 is 2.11 bits per heavy atom. The molecule has 0 saturated heterocycles. The fraction of sp³-hybridized carbons (Fsp3) is 0.833. The lowest BCUT2D eigenvalue weighted by Gasteiger charge is -2.23. The molecule has 1 aliphatic carbocycles. The Kier molecular flexibility index (Phi) is 5.04. The van der Waals surface area contributed by atoms with Crippen LogP contribution in [0.5, 0.6) is 0 Å². The van der Waals surface area contributed by atoms with Gasteiger partial charge in [0.15, 0.2) is 0 Å². The highest BCUT2D eigenvalue weighted by Crippen LogP contribution is 2.39. The number of esters is 1. The molecule has 0 N–H and O–H groups in total. The van der Waals surface area contributed by atoms with Crippen LogP contribution < -0.4 is 0 Å². The van der Waals surface area contributed by atoms with Crippen LogP contribution in [0.1, 0.15) is 32.6 Å². The highest BCUT2D eigenvalue weighted by molar-refractivity contribution is 5.80. The van der Waals surface area contributed by atoms with Gasteiger partial charge in [0.05, 0.1) is 13.5 Å². The van der Waals surface area contributed by atoms with Crippen molar-refractivity contribution >= 4 is 11.9 Å². The van der Waals surface area contributed by atoms with E-state index in [0.29, 0.717) is 6.54 Å². The molecule has 0 aromatic heterocycles. The van der Waals surface area contributed by atoms with Gasteiger partial charge in [-0.1, -0.05) is 0 Å². The summed E-state index contributed by atoms with van der Waals surface area (Å²) < 4.78 is 30.6. The van der Waals surface area contributed by atoms with Crippen LogP contribution in [0.4, 0.5) is 8.78 Å². The van der Waals surface area contributed by atoms with Gasteiger partial charge >= 0.3 is 5.97 Å². The van der Waals surface area contributed by atoms with Crippen LogP contribution in [0.2, 0.25) is 0 Å². The first-order valence-corrected chi connectivity index (χ1v) is 6.13. The first-order chi connectivity index (χ1) is 8.39. The topological polar surface area (TPSA) is 46.6 Å². The average Bonchev–Trinajstić information content (AvgIpc) is 2.69. The number of halogens is 2. The molecule has 1 rings (SSSR count). The molecular formula is C12H19F2NO3. The predicted molar refractivity (Wildman–Crippen MR) is 61.2 cm³/mol. The molecule has 1 aliphatic rings. The van der Waals surface area contributed by atoms with Gasteiger partial charge in [-0.2, -0.15) is 0 Å². The van der Waals surface area contributed by atoms with Crippen molar-refractivity contribution in [1.29, 1.82) is 0 Å². The highest BCUT2D eigenvalue weighted by atomic mass is 19.3. The summed E-state index contributed by atoms with van der Waals surface area (Å²) in [6.45, 7) is 2.41. The van der Waals surface area contributed by atoms with E-state index in [0.717, 1.165) is 0 Å². The van der Waals surface area contributed by atoms with E-state index in [9.17, 15) is 18.4 Å². The molecule has 0 spiro atoms. The van der Waals surface area contributed by atoms with Gasteiger partial charge in [0.2, 0.25) is 11.8 Å². The summed E-state index contributed by atoms with van der Waals surface area (Å²) in [5.41, 5.74) is 0. The number of amides is 1. The Bertz CT molecular complexity index is 320. The molecule has 0 aliphatic heterocycles. The van der Waals surface area contributed by atoms with Crippen molar-refractivity contribution in [2.45, 2.75) is 38.5 Å². The van der Waals surface area contributed by atoms with Crippen molar-refractivity contribution in [3.63, 3.8) is 0 Å². The van der Waals surface area contributed by atoms with Gasteiger partial charge < -0.3 is 9.64 Å². The molecule has 1 saturated carbocycles. The normalized spacial score (nSPS) is 21.7. The minimum absolute atomic E-state index is 0.0964. The molecule has 0 radical (unpaired) electrons.